The molecule has 3 heteroatoms. The Labute approximate surface area is 92.4 Å². The third-order valence-corrected chi connectivity index (χ3v) is 2.30. The first-order valence-corrected chi connectivity index (χ1v) is 5.06. The molecule has 0 saturated heterocycles. The third-order valence-electron chi connectivity index (χ3n) is 2.30. The lowest BCUT2D eigenvalue weighted by Crippen LogP contribution is -2.31. The van der Waals surface area contributed by atoms with E-state index in [-0.39, 0.29) is 12.0 Å². The van der Waals surface area contributed by atoms with Gasteiger partial charge in [0.05, 0.1) is 12.7 Å². The Hall–Kier alpha value is -0.640. The number of ether oxygens (including phenoxy) is 2. The first-order valence-electron chi connectivity index (χ1n) is 5.06. The van der Waals surface area contributed by atoms with Crippen molar-refractivity contribution < 1.29 is 14.6 Å². The molecule has 1 N–H and O–H groups in total. The van der Waals surface area contributed by atoms with Crippen LogP contribution in [0.2, 0.25) is 0 Å². The zero-order valence-corrected chi connectivity index (χ0v) is 10.1. The number of hydrogen-bond acceptors (Lipinski definition) is 3. The van der Waals surface area contributed by atoms with Crippen molar-refractivity contribution in [3.05, 3.63) is 24.3 Å². The van der Waals surface area contributed by atoms with Crippen LogP contribution in [0.3, 0.4) is 0 Å². The Bertz CT molecular complexity index is 211. The number of hydrogen-bond donors (Lipinski definition) is 1. The minimum atomic E-state index is -0.570. The van der Waals surface area contributed by atoms with Gasteiger partial charge < -0.3 is 14.6 Å². The van der Waals surface area contributed by atoms with Crippen molar-refractivity contribution in [3.8, 4) is 0 Å². The van der Waals surface area contributed by atoms with Gasteiger partial charge in [0.15, 0.2) is 0 Å². The quantitative estimate of drug-likeness (QED) is 0.656. The van der Waals surface area contributed by atoms with E-state index in [1.807, 2.05) is 19.9 Å². The summed E-state index contributed by atoms with van der Waals surface area (Å²) in [4.78, 5) is 0. The van der Waals surface area contributed by atoms with Crippen LogP contribution in [-0.2, 0) is 9.47 Å². The van der Waals surface area contributed by atoms with Gasteiger partial charge in [-0.05, 0) is 6.92 Å². The summed E-state index contributed by atoms with van der Waals surface area (Å²) in [5, 5.41) is 9.91. The van der Waals surface area contributed by atoms with Crippen molar-refractivity contribution in [3.63, 3.8) is 0 Å². The summed E-state index contributed by atoms with van der Waals surface area (Å²) in [5.41, 5.74) is 1.10. The molecule has 0 radical (unpaired) electrons. The maximum atomic E-state index is 9.91. The average Bonchev–Trinajstić information content (AvgIpc) is 2.19. The van der Waals surface area contributed by atoms with Crippen molar-refractivity contribution >= 4 is 0 Å². The van der Waals surface area contributed by atoms with E-state index in [2.05, 4.69) is 6.58 Å². The summed E-state index contributed by atoms with van der Waals surface area (Å²) in [6.07, 6.45) is 2.70. The zero-order chi connectivity index (χ0) is 11.8. The van der Waals surface area contributed by atoms with Gasteiger partial charge in [-0.2, -0.15) is 0 Å². The predicted octanol–water partition coefficient (Wildman–Crippen LogP) is 1.78. The highest BCUT2D eigenvalue weighted by molar-refractivity contribution is 5.04. The number of aliphatic hydroxyl groups is 1. The molecule has 0 aromatic carbocycles. The van der Waals surface area contributed by atoms with Crippen LogP contribution in [0.4, 0.5) is 0 Å². The highest BCUT2D eigenvalue weighted by Gasteiger charge is 2.20. The highest BCUT2D eigenvalue weighted by Crippen LogP contribution is 2.14. The van der Waals surface area contributed by atoms with Crippen molar-refractivity contribution in [2.75, 3.05) is 20.8 Å². The van der Waals surface area contributed by atoms with E-state index >= 15 is 0 Å². The van der Waals surface area contributed by atoms with Gasteiger partial charge in [-0.25, -0.2) is 0 Å². The van der Waals surface area contributed by atoms with Crippen LogP contribution < -0.4 is 0 Å². The molecule has 0 rings (SSSR count). The number of rotatable bonds is 7. The monoisotopic (exact) mass is 214 g/mol. The van der Waals surface area contributed by atoms with Gasteiger partial charge in [0.25, 0.3) is 0 Å². The van der Waals surface area contributed by atoms with E-state index in [4.69, 9.17) is 9.47 Å². The van der Waals surface area contributed by atoms with Gasteiger partial charge in [0.2, 0.25) is 0 Å². The lowest BCUT2D eigenvalue weighted by Gasteiger charge is -2.22. The molecular formula is C12H22O3. The zero-order valence-electron chi connectivity index (χ0n) is 10.1. The molecule has 0 aliphatic carbocycles. The lowest BCUT2D eigenvalue weighted by atomic mass is 9.97. The highest BCUT2D eigenvalue weighted by atomic mass is 16.5. The standard InChI is InChI=1S/C12H22O3/c1-6-11(15-5)12(13)10(3)7-9(2)8-14-4/h6-7,10-13H,1,8H2,2-5H3. The van der Waals surface area contributed by atoms with Gasteiger partial charge >= 0.3 is 0 Å². The van der Waals surface area contributed by atoms with E-state index in [0.717, 1.165) is 5.57 Å². The summed E-state index contributed by atoms with van der Waals surface area (Å²) < 4.78 is 10.1. The summed E-state index contributed by atoms with van der Waals surface area (Å²) in [5.74, 6) is 0.0168. The van der Waals surface area contributed by atoms with Crippen LogP contribution in [0, 0.1) is 5.92 Å². The average molecular weight is 214 g/mol. The maximum absolute atomic E-state index is 9.91. The normalized spacial score (nSPS) is 18.3. The largest absolute Gasteiger partial charge is 0.389 e. The number of aliphatic hydroxyl groups excluding tert-OH is 1. The molecule has 0 aliphatic rings. The summed E-state index contributed by atoms with van der Waals surface area (Å²) in [6.45, 7) is 8.12. The van der Waals surface area contributed by atoms with Gasteiger partial charge in [-0.15, -0.1) is 6.58 Å². The molecule has 0 amide bonds. The Balaban J connectivity index is 4.35. The molecule has 3 nitrogen and oxygen atoms in total. The van der Waals surface area contributed by atoms with E-state index in [1.54, 1.807) is 20.3 Å². The van der Waals surface area contributed by atoms with Crippen molar-refractivity contribution in [1.29, 1.82) is 0 Å². The smallest absolute Gasteiger partial charge is 0.101 e. The molecule has 0 aliphatic heterocycles. The van der Waals surface area contributed by atoms with Crippen LogP contribution in [0.25, 0.3) is 0 Å². The minimum absolute atomic E-state index is 0.0168. The molecule has 0 fully saturated rings. The fourth-order valence-electron chi connectivity index (χ4n) is 1.50. The van der Waals surface area contributed by atoms with Crippen LogP contribution in [-0.4, -0.2) is 38.1 Å². The summed E-state index contributed by atoms with van der Waals surface area (Å²) in [6, 6.07) is 0. The SMILES string of the molecule is C=CC(OC)C(O)C(C)C=C(C)COC. The Morgan fingerprint density at radius 2 is 2.07 bits per heavy atom. The van der Waals surface area contributed by atoms with Crippen LogP contribution in [0.1, 0.15) is 13.8 Å². The third kappa shape index (κ3) is 5.11. The van der Waals surface area contributed by atoms with Gasteiger partial charge in [-0.3, -0.25) is 0 Å². The predicted molar refractivity (Wildman–Crippen MR) is 61.8 cm³/mol. The molecule has 0 bridgehead atoms. The molecular weight excluding hydrogens is 192 g/mol. The van der Waals surface area contributed by atoms with E-state index in [9.17, 15) is 5.11 Å². The van der Waals surface area contributed by atoms with E-state index < -0.39 is 6.10 Å². The first-order chi connectivity index (χ1) is 7.06. The molecule has 3 unspecified atom stereocenters. The van der Waals surface area contributed by atoms with Crippen molar-refractivity contribution in [1.82, 2.24) is 0 Å². The topological polar surface area (TPSA) is 38.7 Å². The molecule has 0 aromatic heterocycles. The molecule has 0 aromatic rings. The molecule has 15 heavy (non-hydrogen) atoms. The molecule has 3 atom stereocenters. The van der Waals surface area contributed by atoms with Gasteiger partial charge in [0.1, 0.15) is 6.10 Å². The van der Waals surface area contributed by atoms with Gasteiger partial charge in [-0.1, -0.05) is 24.6 Å². The van der Waals surface area contributed by atoms with Crippen molar-refractivity contribution in [2.45, 2.75) is 26.1 Å². The molecule has 0 saturated carbocycles. The van der Waals surface area contributed by atoms with Crippen LogP contribution >= 0.6 is 0 Å². The second-order valence-corrected chi connectivity index (χ2v) is 3.73. The molecule has 88 valence electrons. The fourth-order valence-corrected chi connectivity index (χ4v) is 1.50. The van der Waals surface area contributed by atoms with E-state index in [1.165, 1.54) is 0 Å². The number of methoxy groups -OCH3 is 2. The first kappa shape index (κ1) is 14.4. The molecule has 0 spiro atoms. The van der Waals surface area contributed by atoms with Crippen LogP contribution in [0.15, 0.2) is 24.3 Å². The second-order valence-electron chi connectivity index (χ2n) is 3.73. The minimum Gasteiger partial charge on any atom is -0.389 e. The Kier molecular flexibility index (Phi) is 7.30. The van der Waals surface area contributed by atoms with E-state index in [0.29, 0.717) is 6.61 Å². The summed E-state index contributed by atoms with van der Waals surface area (Å²) >= 11 is 0. The van der Waals surface area contributed by atoms with Gasteiger partial charge in [0, 0.05) is 20.1 Å². The second kappa shape index (κ2) is 7.63. The molecule has 0 heterocycles. The Morgan fingerprint density at radius 1 is 1.47 bits per heavy atom. The lowest BCUT2D eigenvalue weighted by molar-refractivity contribution is -0.00164. The van der Waals surface area contributed by atoms with Crippen molar-refractivity contribution in [2.24, 2.45) is 5.92 Å². The fraction of sp³-hybridized carbons (Fsp3) is 0.667. The Morgan fingerprint density at radius 3 is 2.47 bits per heavy atom. The van der Waals surface area contributed by atoms with Crippen LogP contribution in [0.5, 0.6) is 0 Å². The maximum Gasteiger partial charge on any atom is 0.101 e. The summed E-state index contributed by atoms with van der Waals surface area (Å²) in [7, 11) is 3.22.